The van der Waals surface area contributed by atoms with Gasteiger partial charge in [-0.1, -0.05) is 35.9 Å². The molecule has 100 valence electrons. The summed E-state index contributed by atoms with van der Waals surface area (Å²) in [4.78, 5) is 4.35. The van der Waals surface area contributed by atoms with E-state index in [1.54, 1.807) is 6.20 Å². The van der Waals surface area contributed by atoms with E-state index in [1.807, 2.05) is 30.3 Å². The zero-order valence-corrected chi connectivity index (χ0v) is 11.3. The first-order valence-electron chi connectivity index (χ1n) is 6.21. The van der Waals surface area contributed by atoms with Crippen LogP contribution in [0.15, 0.2) is 54.7 Å². The molecule has 0 saturated carbocycles. The number of pyridine rings is 1. The summed E-state index contributed by atoms with van der Waals surface area (Å²) in [7, 11) is 0. The zero-order chi connectivity index (χ0) is 14.1. The Balaban J connectivity index is 2.17. The average Bonchev–Trinajstić information content (AvgIpc) is 2.48. The molecule has 0 aliphatic heterocycles. The first-order valence-corrected chi connectivity index (χ1v) is 6.59. The van der Waals surface area contributed by atoms with Crippen molar-refractivity contribution in [2.75, 3.05) is 0 Å². The zero-order valence-electron chi connectivity index (χ0n) is 10.6. The molecule has 2 N–H and O–H groups in total. The smallest absolute Gasteiger partial charge is 0.123 e. The predicted octanol–water partition coefficient (Wildman–Crippen LogP) is 4.08. The fraction of sp³-hybridized carbons (Fsp3) is 0.0625. The molecular weight excluding hydrogens is 275 g/mol. The number of nitrogens with zero attached hydrogens (tertiary/aromatic N) is 1. The molecule has 0 saturated heterocycles. The van der Waals surface area contributed by atoms with E-state index in [-0.39, 0.29) is 5.82 Å². The Hall–Kier alpha value is -1.97. The molecule has 0 amide bonds. The molecule has 0 spiro atoms. The molecular formula is C16H12ClFN2. The van der Waals surface area contributed by atoms with Gasteiger partial charge in [-0.2, -0.15) is 0 Å². The summed E-state index contributed by atoms with van der Waals surface area (Å²) in [6, 6.07) is 13.3. The van der Waals surface area contributed by atoms with Crippen molar-refractivity contribution < 1.29 is 4.39 Å². The van der Waals surface area contributed by atoms with Gasteiger partial charge in [0.2, 0.25) is 0 Å². The molecule has 0 aliphatic rings. The van der Waals surface area contributed by atoms with E-state index in [9.17, 15) is 4.39 Å². The Morgan fingerprint density at radius 2 is 1.90 bits per heavy atom. The fourth-order valence-electron chi connectivity index (χ4n) is 2.29. The second-order valence-corrected chi connectivity index (χ2v) is 4.97. The van der Waals surface area contributed by atoms with Crippen LogP contribution in [-0.4, -0.2) is 4.98 Å². The lowest BCUT2D eigenvalue weighted by Gasteiger charge is -2.15. The van der Waals surface area contributed by atoms with Crippen molar-refractivity contribution in [1.29, 1.82) is 0 Å². The minimum Gasteiger partial charge on any atom is -0.319 e. The minimum atomic E-state index is -0.565. The molecule has 0 aliphatic carbocycles. The lowest BCUT2D eigenvalue weighted by atomic mass is 9.99. The van der Waals surface area contributed by atoms with Gasteiger partial charge in [0, 0.05) is 16.6 Å². The van der Waals surface area contributed by atoms with Crippen molar-refractivity contribution in [2.45, 2.75) is 6.04 Å². The minimum absolute atomic E-state index is 0.361. The SMILES string of the molecule is NC(c1cc(F)ccc1Cl)c1nccc2ccccc12. The summed E-state index contributed by atoms with van der Waals surface area (Å²) in [6.45, 7) is 0. The molecule has 2 aromatic carbocycles. The van der Waals surface area contributed by atoms with Gasteiger partial charge < -0.3 is 5.73 Å². The molecule has 0 bridgehead atoms. The number of aromatic nitrogens is 1. The highest BCUT2D eigenvalue weighted by molar-refractivity contribution is 6.31. The van der Waals surface area contributed by atoms with Gasteiger partial charge in [0.1, 0.15) is 5.82 Å². The van der Waals surface area contributed by atoms with Crippen LogP contribution in [0.25, 0.3) is 10.8 Å². The Bertz CT molecular complexity index is 768. The molecule has 3 rings (SSSR count). The molecule has 0 fully saturated rings. The van der Waals surface area contributed by atoms with E-state index < -0.39 is 6.04 Å². The van der Waals surface area contributed by atoms with Crippen molar-refractivity contribution in [3.05, 3.63) is 76.8 Å². The number of rotatable bonds is 2. The number of hydrogen-bond donors (Lipinski definition) is 1. The molecule has 4 heteroatoms. The Morgan fingerprint density at radius 3 is 2.75 bits per heavy atom. The molecule has 0 radical (unpaired) electrons. The molecule has 3 aromatic rings. The number of hydrogen-bond acceptors (Lipinski definition) is 2. The summed E-state index contributed by atoms with van der Waals surface area (Å²) < 4.78 is 13.4. The summed E-state index contributed by atoms with van der Waals surface area (Å²) in [5, 5.41) is 2.43. The number of halogens is 2. The topological polar surface area (TPSA) is 38.9 Å². The summed E-state index contributed by atoms with van der Waals surface area (Å²) in [5.41, 5.74) is 7.47. The van der Waals surface area contributed by atoms with Crippen LogP contribution >= 0.6 is 11.6 Å². The summed E-state index contributed by atoms with van der Waals surface area (Å²) in [5.74, 6) is -0.361. The maximum absolute atomic E-state index is 13.4. The van der Waals surface area contributed by atoms with Crippen molar-refractivity contribution in [3.8, 4) is 0 Å². The first-order chi connectivity index (χ1) is 9.66. The van der Waals surface area contributed by atoms with Gasteiger partial charge in [0.25, 0.3) is 0 Å². The van der Waals surface area contributed by atoms with E-state index in [4.69, 9.17) is 17.3 Å². The van der Waals surface area contributed by atoms with Crippen LogP contribution in [0.1, 0.15) is 17.3 Å². The number of fused-ring (bicyclic) bond motifs is 1. The third kappa shape index (κ3) is 2.26. The number of nitrogens with two attached hydrogens (primary N) is 1. The molecule has 1 unspecified atom stereocenters. The van der Waals surface area contributed by atoms with Crippen LogP contribution in [0.5, 0.6) is 0 Å². The summed E-state index contributed by atoms with van der Waals surface area (Å²) in [6.07, 6.45) is 1.70. The third-order valence-electron chi connectivity index (χ3n) is 3.29. The van der Waals surface area contributed by atoms with Gasteiger partial charge in [-0.25, -0.2) is 4.39 Å². The highest BCUT2D eigenvalue weighted by Crippen LogP contribution is 2.30. The van der Waals surface area contributed by atoms with E-state index >= 15 is 0 Å². The second-order valence-electron chi connectivity index (χ2n) is 4.56. The molecule has 1 aromatic heterocycles. The van der Waals surface area contributed by atoms with Gasteiger partial charge in [0.15, 0.2) is 0 Å². The summed E-state index contributed by atoms with van der Waals surface area (Å²) >= 11 is 6.12. The highest BCUT2D eigenvalue weighted by atomic mass is 35.5. The lowest BCUT2D eigenvalue weighted by molar-refractivity contribution is 0.623. The Morgan fingerprint density at radius 1 is 1.10 bits per heavy atom. The van der Waals surface area contributed by atoms with Crippen LogP contribution < -0.4 is 5.73 Å². The molecule has 20 heavy (non-hydrogen) atoms. The molecule has 1 heterocycles. The fourth-order valence-corrected chi connectivity index (χ4v) is 2.53. The number of benzene rings is 2. The Kier molecular flexibility index (Phi) is 3.38. The quantitative estimate of drug-likeness (QED) is 0.771. The average molecular weight is 287 g/mol. The first kappa shape index (κ1) is 13.0. The molecule has 1 atom stereocenters. The van der Waals surface area contributed by atoms with Crippen molar-refractivity contribution in [2.24, 2.45) is 5.73 Å². The van der Waals surface area contributed by atoms with Crippen LogP contribution in [0.4, 0.5) is 4.39 Å². The van der Waals surface area contributed by atoms with Gasteiger partial charge >= 0.3 is 0 Å². The maximum atomic E-state index is 13.4. The van der Waals surface area contributed by atoms with E-state index in [0.717, 1.165) is 10.8 Å². The lowest BCUT2D eigenvalue weighted by Crippen LogP contribution is -2.14. The van der Waals surface area contributed by atoms with Crippen molar-refractivity contribution in [3.63, 3.8) is 0 Å². The highest BCUT2D eigenvalue weighted by Gasteiger charge is 2.17. The standard InChI is InChI=1S/C16H12ClFN2/c17-14-6-5-11(18)9-13(14)15(19)16-12-4-2-1-3-10(12)7-8-20-16/h1-9,15H,19H2. The van der Waals surface area contributed by atoms with E-state index in [2.05, 4.69) is 4.98 Å². The predicted molar refractivity (Wildman–Crippen MR) is 79.2 cm³/mol. The largest absolute Gasteiger partial charge is 0.319 e. The van der Waals surface area contributed by atoms with Gasteiger partial charge in [0.05, 0.1) is 11.7 Å². The monoisotopic (exact) mass is 286 g/mol. The van der Waals surface area contributed by atoms with Gasteiger partial charge in [-0.15, -0.1) is 0 Å². The van der Waals surface area contributed by atoms with E-state index in [1.165, 1.54) is 18.2 Å². The van der Waals surface area contributed by atoms with Crippen LogP contribution in [0.2, 0.25) is 5.02 Å². The van der Waals surface area contributed by atoms with Gasteiger partial charge in [-0.3, -0.25) is 4.98 Å². The maximum Gasteiger partial charge on any atom is 0.123 e. The van der Waals surface area contributed by atoms with Crippen molar-refractivity contribution >= 4 is 22.4 Å². The molecule has 2 nitrogen and oxygen atoms in total. The third-order valence-corrected chi connectivity index (χ3v) is 3.64. The van der Waals surface area contributed by atoms with Crippen LogP contribution in [0, 0.1) is 5.82 Å². The van der Waals surface area contributed by atoms with Crippen LogP contribution in [0.3, 0.4) is 0 Å². The van der Waals surface area contributed by atoms with Gasteiger partial charge in [-0.05, 0) is 35.2 Å². The van der Waals surface area contributed by atoms with E-state index in [0.29, 0.717) is 16.3 Å². The second kappa shape index (κ2) is 5.19. The van der Waals surface area contributed by atoms with Crippen molar-refractivity contribution in [1.82, 2.24) is 4.98 Å². The normalized spacial score (nSPS) is 12.6. The Labute approximate surface area is 121 Å². The van der Waals surface area contributed by atoms with Crippen LogP contribution in [-0.2, 0) is 0 Å².